The van der Waals surface area contributed by atoms with E-state index in [1.807, 2.05) is 13.8 Å². The minimum absolute atomic E-state index is 0.320. The fourth-order valence-electron chi connectivity index (χ4n) is 2.68. The van der Waals surface area contributed by atoms with Gasteiger partial charge < -0.3 is 16.0 Å². The molecule has 3 amide bonds. The van der Waals surface area contributed by atoms with Crippen molar-refractivity contribution in [3.63, 3.8) is 0 Å². The van der Waals surface area contributed by atoms with E-state index in [0.717, 1.165) is 5.56 Å². The lowest BCUT2D eigenvalue weighted by atomic mass is 10.1. The first-order valence-corrected chi connectivity index (χ1v) is 8.96. The van der Waals surface area contributed by atoms with Crippen molar-refractivity contribution in [3.05, 3.63) is 63.7 Å². The summed E-state index contributed by atoms with van der Waals surface area (Å²) in [5.74, 6) is 0.0434. The Kier molecular flexibility index (Phi) is 5.72. The summed E-state index contributed by atoms with van der Waals surface area (Å²) >= 11 is 0. The van der Waals surface area contributed by atoms with Crippen molar-refractivity contribution >= 4 is 23.3 Å². The van der Waals surface area contributed by atoms with Gasteiger partial charge in [0.05, 0.1) is 17.5 Å². The summed E-state index contributed by atoms with van der Waals surface area (Å²) in [6.45, 7) is 5.92. The number of urea groups is 1. The minimum Gasteiger partial charge on any atom is -0.338 e. The number of benzene rings is 1. The molecule has 2 heterocycles. The van der Waals surface area contributed by atoms with Crippen LogP contribution in [0.2, 0.25) is 0 Å². The van der Waals surface area contributed by atoms with Crippen LogP contribution in [0.3, 0.4) is 0 Å². The number of amides is 3. The Morgan fingerprint density at radius 3 is 2.62 bits per heavy atom. The molecule has 0 saturated heterocycles. The normalized spacial score (nSPS) is 10.4. The van der Waals surface area contributed by atoms with E-state index in [4.69, 9.17) is 0 Å². The van der Waals surface area contributed by atoms with E-state index in [0.29, 0.717) is 35.0 Å². The molecule has 0 fully saturated rings. The van der Waals surface area contributed by atoms with Gasteiger partial charge in [-0.3, -0.25) is 9.59 Å². The second-order valence-corrected chi connectivity index (χ2v) is 6.30. The Hall–Kier alpha value is -3.95. The average Bonchev–Trinajstić information content (AvgIpc) is 3.07. The van der Waals surface area contributed by atoms with Crippen LogP contribution in [0.5, 0.6) is 0 Å². The highest BCUT2D eigenvalue weighted by molar-refractivity contribution is 6.05. The van der Waals surface area contributed by atoms with Gasteiger partial charge in [-0.1, -0.05) is 6.07 Å². The zero-order valence-electron chi connectivity index (χ0n) is 16.2. The van der Waals surface area contributed by atoms with Crippen molar-refractivity contribution in [1.82, 2.24) is 25.3 Å². The minimum atomic E-state index is -0.351. The number of hydrogen-bond acceptors (Lipinski definition) is 5. The number of carbonyl (C=O) groups is 2. The second kappa shape index (κ2) is 8.38. The van der Waals surface area contributed by atoms with Crippen LogP contribution in [0.15, 0.2) is 41.3 Å². The predicted molar refractivity (Wildman–Crippen MR) is 109 cm³/mol. The van der Waals surface area contributed by atoms with Crippen LogP contribution >= 0.6 is 0 Å². The smallest absolute Gasteiger partial charge is 0.319 e. The van der Waals surface area contributed by atoms with Crippen LogP contribution in [0.25, 0.3) is 5.82 Å². The molecule has 0 unspecified atom stereocenters. The first kappa shape index (κ1) is 19.8. The Morgan fingerprint density at radius 1 is 1.14 bits per heavy atom. The first-order chi connectivity index (χ1) is 13.9. The fraction of sp³-hybridized carbons (Fsp3) is 0.211. The van der Waals surface area contributed by atoms with Crippen LogP contribution in [-0.2, 0) is 0 Å². The predicted octanol–water partition coefficient (Wildman–Crippen LogP) is 1.97. The number of aryl methyl sites for hydroxylation is 1. The molecular formula is C19H21N7O3. The molecule has 0 saturated carbocycles. The molecule has 0 atom stereocenters. The van der Waals surface area contributed by atoms with Crippen LogP contribution < -0.4 is 21.5 Å². The van der Waals surface area contributed by atoms with Gasteiger partial charge in [0.15, 0.2) is 5.82 Å². The van der Waals surface area contributed by atoms with Crippen molar-refractivity contribution in [2.24, 2.45) is 0 Å². The van der Waals surface area contributed by atoms with E-state index >= 15 is 0 Å². The third-order valence-corrected chi connectivity index (χ3v) is 4.22. The van der Waals surface area contributed by atoms with Gasteiger partial charge in [-0.2, -0.15) is 10.2 Å². The molecule has 3 aromatic rings. The molecule has 1 aromatic carbocycles. The molecule has 10 nitrogen and oxygen atoms in total. The lowest BCUT2D eigenvalue weighted by Crippen LogP contribution is -2.28. The van der Waals surface area contributed by atoms with Crippen molar-refractivity contribution in [3.8, 4) is 5.82 Å². The highest BCUT2D eigenvalue weighted by Gasteiger charge is 2.17. The highest BCUT2D eigenvalue weighted by Crippen LogP contribution is 2.22. The lowest BCUT2D eigenvalue weighted by molar-refractivity contribution is 0.102. The van der Waals surface area contributed by atoms with E-state index in [9.17, 15) is 14.4 Å². The van der Waals surface area contributed by atoms with Gasteiger partial charge in [-0.15, -0.1) is 0 Å². The van der Waals surface area contributed by atoms with Crippen molar-refractivity contribution in [1.29, 1.82) is 0 Å². The van der Waals surface area contributed by atoms with Gasteiger partial charge in [0.1, 0.15) is 0 Å². The SMILES string of the molecule is CCNC(=O)Nc1ccc(C)c(NC(=O)c2cnn(-c3ccc(=O)[nH]n3)c2C)c1. The number of H-pyrrole nitrogens is 1. The molecule has 0 aliphatic carbocycles. The number of nitrogens with zero attached hydrogens (tertiary/aromatic N) is 3. The molecule has 10 heteroatoms. The summed E-state index contributed by atoms with van der Waals surface area (Å²) in [6.07, 6.45) is 1.43. The molecule has 0 aliphatic rings. The van der Waals surface area contributed by atoms with E-state index in [-0.39, 0.29) is 17.5 Å². The Balaban J connectivity index is 1.81. The summed E-state index contributed by atoms with van der Waals surface area (Å²) in [5.41, 5.74) is 2.57. The number of carbonyl (C=O) groups excluding carboxylic acids is 2. The van der Waals surface area contributed by atoms with Gasteiger partial charge in [-0.05, 0) is 44.5 Å². The maximum atomic E-state index is 12.8. The van der Waals surface area contributed by atoms with Gasteiger partial charge in [0.25, 0.3) is 11.5 Å². The maximum absolute atomic E-state index is 12.8. The van der Waals surface area contributed by atoms with Gasteiger partial charge in [0.2, 0.25) is 0 Å². The fourth-order valence-corrected chi connectivity index (χ4v) is 2.68. The number of anilines is 2. The van der Waals surface area contributed by atoms with Gasteiger partial charge in [0, 0.05) is 24.0 Å². The van der Waals surface area contributed by atoms with Crippen LogP contribution in [-0.4, -0.2) is 38.5 Å². The zero-order valence-corrected chi connectivity index (χ0v) is 16.2. The monoisotopic (exact) mass is 395 g/mol. The standard InChI is InChI=1S/C19H21N7O3/c1-4-20-19(29)22-13-6-5-11(2)15(9-13)23-18(28)14-10-21-26(12(14)3)16-7-8-17(27)25-24-16/h5-10H,4H2,1-3H3,(H,23,28)(H,25,27)(H2,20,22,29). The zero-order chi connectivity index (χ0) is 21.0. The van der Waals surface area contributed by atoms with Crippen LogP contribution in [0, 0.1) is 13.8 Å². The summed E-state index contributed by atoms with van der Waals surface area (Å²) < 4.78 is 1.46. The molecule has 0 radical (unpaired) electrons. The summed E-state index contributed by atoms with van der Waals surface area (Å²) in [5, 5.41) is 18.6. The largest absolute Gasteiger partial charge is 0.338 e. The van der Waals surface area contributed by atoms with Gasteiger partial charge in [-0.25, -0.2) is 14.6 Å². The molecule has 0 spiro atoms. The van der Waals surface area contributed by atoms with E-state index in [1.165, 1.54) is 23.0 Å². The summed E-state index contributed by atoms with van der Waals surface area (Å²) in [6, 6.07) is 7.77. The molecule has 2 aromatic heterocycles. The Labute approximate surface area is 166 Å². The van der Waals surface area contributed by atoms with E-state index in [2.05, 4.69) is 31.2 Å². The topological polar surface area (TPSA) is 134 Å². The molecule has 0 aliphatic heterocycles. The van der Waals surface area contributed by atoms with Crippen molar-refractivity contribution in [2.75, 3.05) is 17.2 Å². The van der Waals surface area contributed by atoms with Crippen LogP contribution in [0.1, 0.15) is 28.5 Å². The number of rotatable bonds is 5. The number of hydrogen-bond donors (Lipinski definition) is 4. The third kappa shape index (κ3) is 4.49. The number of aromatic amines is 1. The molecule has 3 rings (SSSR count). The molecule has 150 valence electrons. The second-order valence-electron chi connectivity index (χ2n) is 6.30. The molecule has 0 bridgehead atoms. The third-order valence-electron chi connectivity index (χ3n) is 4.22. The number of aromatic nitrogens is 4. The Bertz CT molecular complexity index is 1100. The molecule has 29 heavy (non-hydrogen) atoms. The van der Waals surface area contributed by atoms with Crippen molar-refractivity contribution in [2.45, 2.75) is 20.8 Å². The number of nitrogens with one attached hydrogen (secondary N) is 4. The molecule has 4 N–H and O–H groups in total. The average molecular weight is 395 g/mol. The lowest BCUT2D eigenvalue weighted by Gasteiger charge is -2.12. The summed E-state index contributed by atoms with van der Waals surface area (Å²) in [4.78, 5) is 35.7. The van der Waals surface area contributed by atoms with E-state index in [1.54, 1.807) is 25.1 Å². The quantitative estimate of drug-likeness (QED) is 0.524. The van der Waals surface area contributed by atoms with Crippen molar-refractivity contribution < 1.29 is 9.59 Å². The van der Waals surface area contributed by atoms with Gasteiger partial charge >= 0.3 is 6.03 Å². The first-order valence-electron chi connectivity index (χ1n) is 8.96. The Morgan fingerprint density at radius 2 is 1.93 bits per heavy atom. The molecular weight excluding hydrogens is 374 g/mol. The van der Waals surface area contributed by atoms with Crippen LogP contribution in [0.4, 0.5) is 16.2 Å². The van der Waals surface area contributed by atoms with E-state index < -0.39 is 0 Å². The highest BCUT2D eigenvalue weighted by atomic mass is 16.2. The maximum Gasteiger partial charge on any atom is 0.319 e. The summed E-state index contributed by atoms with van der Waals surface area (Å²) in [7, 11) is 0.